The molecule has 0 amide bonds. The summed E-state index contributed by atoms with van der Waals surface area (Å²) < 4.78 is 15.4. The molecule has 1 aromatic rings. The molecule has 1 atom stereocenters. The third kappa shape index (κ3) is 5.09. The largest absolute Gasteiger partial charge is 0.497 e. The van der Waals surface area contributed by atoms with Gasteiger partial charge in [-0.3, -0.25) is 4.79 Å². The number of esters is 1. The molecule has 20 heavy (non-hydrogen) atoms. The monoisotopic (exact) mass is 281 g/mol. The van der Waals surface area contributed by atoms with Gasteiger partial charge in [0.2, 0.25) is 0 Å². The fraction of sp³-hybridized carbons (Fsp3) is 0.533. The maximum Gasteiger partial charge on any atom is 0.305 e. The Balaban J connectivity index is 2.56. The molecule has 0 fully saturated rings. The first kappa shape index (κ1) is 16.3. The molecule has 1 rings (SSSR count). The number of hydrogen-bond acceptors (Lipinski definition) is 5. The molecule has 0 heterocycles. The topological polar surface area (TPSA) is 70.8 Å². The Hall–Kier alpha value is -1.75. The molecule has 0 aromatic heterocycles. The van der Waals surface area contributed by atoms with Crippen LogP contribution in [0.1, 0.15) is 25.3 Å². The van der Waals surface area contributed by atoms with Crippen molar-refractivity contribution in [3.05, 3.63) is 23.8 Å². The molecule has 2 N–H and O–H groups in total. The zero-order valence-corrected chi connectivity index (χ0v) is 12.3. The third-order valence-corrected chi connectivity index (χ3v) is 3.00. The first-order valence-electron chi connectivity index (χ1n) is 6.72. The highest BCUT2D eigenvalue weighted by molar-refractivity contribution is 5.69. The van der Waals surface area contributed by atoms with Crippen molar-refractivity contribution >= 4 is 5.97 Å². The van der Waals surface area contributed by atoms with Crippen LogP contribution in [-0.2, 0) is 16.0 Å². The maximum absolute atomic E-state index is 11.3. The lowest BCUT2D eigenvalue weighted by Gasteiger charge is -2.14. The number of hydrogen-bond donors (Lipinski definition) is 1. The van der Waals surface area contributed by atoms with Crippen molar-refractivity contribution in [1.82, 2.24) is 0 Å². The van der Waals surface area contributed by atoms with Crippen LogP contribution in [0.15, 0.2) is 18.2 Å². The van der Waals surface area contributed by atoms with E-state index >= 15 is 0 Å². The molecule has 0 aliphatic carbocycles. The predicted molar refractivity (Wildman–Crippen MR) is 77.1 cm³/mol. The lowest BCUT2D eigenvalue weighted by molar-refractivity contribution is -0.143. The predicted octanol–water partition coefficient (Wildman–Crippen LogP) is 1.92. The van der Waals surface area contributed by atoms with Crippen molar-refractivity contribution < 1.29 is 19.0 Å². The maximum atomic E-state index is 11.3. The molecule has 0 radical (unpaired) electrons. The minimum Gasteiger partial charge on any atom is -0.497 e. The number of carbonyl (C=O) groups is 1. The van der Waals surface area contributed by atoms with Gasteiger partial charge in [0.25, 0.3) is 0 Å². The van der Waals surface area contributed by atoms with E-state index in [-0.39, 0.29) is 12.0 Å². The highest BCUT2D eigenvalue weighted by Crippen LogP contribution is 2.25. The van der Waals surface area contributed by atoms with Gasteiger partial charge in [0.1, 0.15) is 11.5 Å². The van der Waals surface area contributed by atoms with Gasteiger partial charge in [0.15, 0.2) is 0 Å². The van der Waals surface area contributed by atoms with E-state index < -0.39 is 0 Å². The van der Waals surface area contributed by atoms with Crippen molar-refractivity contribution in [2.24, 2.45) is 5.73 Å². The van der Waals surface area contributed by atoms with Gasteiger partial charge in [-0.15, -0.1) is 0 Å². The van der Waals surface area contributed by atoms with Gasteiger partial charge in [-0.25, -0.2) is 0 Å². The molecular formula is C15H23NO4. The lowest BCUT2D eigenvalue weighted by Crippen LogP contribution is -2.24. The number of carbonyl (C=O) groups excluding carboxylic acids is 1. The highest BCUT2D eigenvalue weighted by atomic mass is 16.5. The number of ether oxygens (including phenoxy) is 3. The van der Waals surface area contributed by atoms with Gasteiger partial charge >= 0.3 is 5.97 Å². The van der Waals surface area contributed by atoms with Crippen LogP contribution in [-0.4, -0.2) is 32.8 Å². The van der Waals surface area contributed by atoms with E-state index in [1.54, 1.807) is 21.1 Å². The summed E-state index contributed by atoms with van der Waals surface area (Å²) >= 11 is 0. The molecule has 1 aromatic carbocycles. The molecule has 0 saturated heterocycles. The van der Waals surface area contributed by atoms with E-state index in [0.717, 1.165) is 17.1 Å². The normalized spacial score (nSPS) is 11.8. The van der Waals surface area contributed by atoms with Crippen molar-refractivity contribution in [3.63, 3.8) is 0 Å². The summed E-state index contributed by atoms with van der Waals surface area (Å²) in [7, 11) is 3.22. The lowest BCUT2D eigenvalue weighted by atomic mass is 10.0. The number of benzene rings is 1. The first-order chi connectivity index (χ1) is 9.60. The Morgan fingerprint density at radius 2 is 2.05 bits per heavy atom. The van der Waals surface area contributed by atoms with Crippen molar-refractivity contribution in [2.45, 2.75) is 32.2 Å². The summed E-state index contributed by atoms with van der Waals surface area (Å²) in [6.07, 6.45) is 1.58. The molecule has 0 aliphatic rings. The third-order valence-electron chi connectivity index (χ3n) is 3.00. The molecule has 0 bridgehead atoms. The van der Waals surface area contributed by atoms with Crippen LogP contribution in [0.3, 0.4) is 0 Å². The Bertz CT molecular complexity index is 434. The second-order valence-corrected chi connectivity index (χ2v) is 4.49. The van der Waals surface area contributed by atoms with Crippen LogP contribution in [0.5, 0.6) is 11.5 Å². The second kappa shape index (κ2) is 8.43. The average Bonchev–Trinajstić information content (AvgIpc) is 2.46. The quantitative estimate of drug-likeness (QED) is 0.737. The van der Waals surface area contributed by atoms with Gasteiger partial charge in [0, 0.05) is 18.5 Å². The van der Waals surface area contributed by atoms with E-state index in [0.29, 0.717) is 25.9 Å². The summed E-state index contributed by atoms with van der Waals surface area (Å²) in [5.41, 5.74) is 7.05. The number of nitrogens with two attached hydrogens (primary N) is 1. The smallest absolute Gasteiger partial charge is 0.305 e. The Morgan fingerprint density at radius 1 is 1.30 bits per heavy atom. The molecular weight excluding hydrogens is 258 g/mol. The van der Waals surface area contributed by atoms with E-state index in [2.05, 4.69) is 0 Å². The van der Waals surface area contributed by atoms with Crippen molar-refractivity contribution in [2.75, 3.05) is 20.8 Å². The summed E-state index contributed by atoms with van der Waals surface area (Å²) in [6.45, 7) is 2.19. The van der Waals surface area contributed by atoms with Gasteiger partial charge in [-0.1, -0.05) is 6.07 Å². The second-order valence-electron chi connectivity index (χ2n) is 4.49. The first-order valence-corrected chi connectivity index (χ1v) is 6.72. The Morgan fingerprint density at radius 3 is 2.65 bits per heavy atom. The minimum absolute atomic E-state index is 0.110. The van der Waals surface area contributed by atoms with Gasteiger partial charge in [-0.2, -0.15) is 0 Å². The Kier molecular flexibility index (Phi) is 6.87. The average molecular weight is 281 g/mol. The van der Waals surface area contributed by atoms with Crippen LogP contribution < -0.4 is 15.2 Å². The summed E-state index contributed by atoms with van der Waals surface area (Å²) in [6, 6.07) is 5.52. The minimum atomic E-state index is -0.204. The van der Waals surface area contributed by atoms with Crippen molar-refractivity contribution in [3.8, 4) is 11.5 Å². The van der Waals surface area contributed by atoms with Crippen LogP contribution in [0.25, 0.3) is 0 Å². The molecule has 1 unspecified atom stereocenters. The van der Waals surface area contributed by atoms with Gasteiger partial charge in [-0.05, 0) is 31.4 Å². The zero-order chi connectivity index (χ0) is 15.0. The number of rotatable bonds is 8. The van der Waals surface area contributed by atoms with Crippen LogP contribution >= 0.6 is 0 Å². The van der Waals surface area contributed by atoms with Crippen LogP contribution in [0, 0.1) is 0 Å². The summed E-state index contributed by atoms with van der Waals surface area (Å²) in [4.78, 5) is 11.3. The van der Waals surface area contributed by atoms with Gasteiger partial charge < -0.3 is 19.9 Å². The van der Waals surface area contributed by atoms with E-state index in [1.165, 1.54) is 0 Å². The fourth-order valence-corrected chi connectivity index (χ4v) is 1.94. The van der Waals surface area contributed by atoms with Gasteiger partial charge in [0.05, 0.1) is 20.8 Å². The number of methoxy groups -OCH3 is 2. The molecule has 5 heteroatoms. The van der Waals surface area contributed by atoms with E-state index in [1.807, 2.05) is 18.2 Å². The van der Waals surface area contributed by atoms with E-state index in [9.17, 15) is 4.79 Å². The summed E-state index contributed by atoms with van der Waals surface area (Å²) in [5.74, 6) is 1.28. The molecule has 112 valence electrons. The Labute approximate surface area is 120 Å². The standard InChI is InChI=1S/C15H23NO4/c1-4-20-15(17)8-6-12(16)9-11-5-7-13(18-2)10-14(11)19-3/h5,7,10,12H,4,6,8-9,16H2,1-3H3. The van der Waals surface area contributed by atoms with Crippen molar-refractivity contribution in [1.29, 1.82) is 0 Å². The summed E-state index contributed by atoms with van der Waals surface area (Å²) in [5, 5.41) is 0. The molecule has 0 aliphatic heterocycles. The SMILES string of the molecule is CCOC(=O)CCC(N)Cc1ccc(OC)cc1OC. The highest BCUT2D eigenvalue weighted by Gasteiger charge is 2.12. The molecule has 0 spiro atoms. The van der Waals surface area contributed by atoms with E-state index in [4.69, 9.17) is 19.9 Å². The molecule has 0 saturated carbocycles. The van der Waals surface area contributed by atoms with Crippen LogP contribution in [0.4, 0.5) is 0 Å². The molecule has 5 nitrogen and oxygen atoms in total. The van der Waals surface area contributed by atoms with Crippen LogP contribution in [0.2, 0.25) is 0 Å². The fourth-order valence-electron chi connectivity index (χ4n) is 1.94. The zero-order valence-electron chi connectivity index (χ0n) is 12.3.